The molecule has 0 aromatic carbocycles. The fraction of sp³-hybridized carbons (Fsp3) is 1.00. The molecular weight excluding hydrogens is 540 g/mol. The Labute approximate surface area is 284 Å². The topological polar surface area (TPSA) is 0 Å². The van der Waals surface area contributed by atoms with Gasteiger partial charge in [-0.25, -0.2) is 0 Å². The summed E-state index contributed by atoms with van der Waals surface area (Å²) in [5.74, 6) is 13.6. The molecule has 0 heteroatoms. The Balaban J connectivity index is 1.72. The quantitative estimate of drug-likeness (QED) is 0.292. The van der Waals surface area contributed by atoms with Crippen molar-refractivity contribution in [2.45, 2.75) is 152 Å². The zero-order chi connectivity index (χ0) is 34.5. The van der Waals surface area contributed by atoms with E-state index in [1.54, 1.807) is 0 Å². The Morgan fingerprint density at radius 1 is 0.578 bits per heavy atom. The highest BCUT2D eigenvalue weighted by Crippen LogP contribution is 2.97. The first-order chi connectivity index (χ1) is 20.2. The number of rotatable bonds is 4. The fourth-order valence-corrected chi connectivity index (χ4v) is 17.0. The smallest absolute Gasteiger partial charge is 0.0114 e. The lowest BCUT2D eigenvalue weighted by atomic mass is 9.31. The van der Waals surface area contributed by atoms with Crippen LogP contribution in [0.5, 0.6) is 0 Å². The third kappa shape index (κ3) is 4.14. The SMILES string of the molecule is CC(C)C(C)C(C)C1C(C)C(C)C2C3C(C4C(C)C(C)C(CC(C)(C)C)C(C)C4C(C)C3(C)C)C(C)(C)C3(C)C(C)(C)C23C1C. The standard InChI is InChI=1S/C45H82/c1-23(2)24(3)26(5)34-28(7)29(8)37-39-38(42(17,18)44(21)43(19,20)45(37,44)32(34)11)36-27(6)25(4)33(22-40(12,13)14)30(9)35(36)31(10)41(39,15)16/h23-39H,22H2,1-21H3. The Bertz CT molecular complexity index is 1110. The highest BCUT2D eigenvalue weighted by atomic mass is 15.0. The minimum absolute atomic E-state index is 0.314. The molecule has 18 atom stereocenters. The molecule has 5 aliphatic carbocycles. The van der Waals surface area contributed by atoms with Crippen LogP contribution in [-0.2, 0) is 0 Å². The van der Waals surface area contributed by atoms with Gasteiger partial charge in [-0.2, -0.15) is 0 Å². The van der Waals surface area contributed by atoms with Gasteiger partial charge in [-0.05, 0) is 140 Å². The molecule has 5 rings (SSSR count). The van der Waals surface area contributed by atoms with Crippen LogP contribution >= 0.6 is 0 Å². The van der Waals surface area contributed by atoms with Gasteiger partial charge in [0, 0.05) is 0 Å². The lowest BCUT2D eigenvalue weighted by Gasteiger charge is -2.74. The zero-order valence-electron chi connectivity index (χ0n) is 34.5. The van der Waals surface area contributed by atoms with Crippen LogP contribution in [0, 0.1) is 133 Å². The number of hydrogen-bond donors (Lipinski definition) is 0. The average molecular weight is 623 g/mol. The van der Waals surface area contributed by atoms with Crippen molar-refractivity contribution in [2.75, 3.05) is 0 Å². The second-order valence-electron chi connectivity index (χ2n) is 22.7. The van der Waals surface area contributed by atoms with Gasteiger partial charge in [0.25, 0.3) is 0 Å². The summed E-state index contributed by atoms with van der Waals surface area (Å²) in [5, 5.41) is 0. The third-order valence-corrected chi connectivity index (χ3v) is 20.0. The monoisotopic (exact) mass is 623 g/mol. The molecule has 5 aliphatic rings. The van der Waals surface area contributed by atoms with Crippen molar-refractivity contribution in [3.8, 4) is 0 Å². The van der Waals surface area contributed by atoms with E-state index in [1.807, 2.05) is 0 Å². The summed E-state index contributed by atoms with van der Waals surface area (Å²) in [6, 6.07) is 0. The summed E-state index contributed by atoms with van der Waals surface area (Å²) in [5.41, 5.74) is 2.20. The zero-order valence-corrected chi connectivity index (χ0v) is 34.5. The molecule has 5 saturated carbocycles. The van der Waals surface area contributed by atoms with Gasteiger partial charge in [-0.15, -0.1) is 0 Å². The molecule has 5 fully saturated rings. The second kappa shape index (κ2) is 10.5. The van der Waals surface area contributed by atoms with Crippen LogP contribution in [0.15, 0.2) is 0 Å². The molecule has 1 spiro atoms. The van der Waals surface area contributed by atoms with Crippen LogP contribution < -0.4 is 0 Å². The summed E-state index contributed by atoms with van der Waals surface area (Å²) in [4.78, 5) is 0. The van der Waals surface area contributed by atoms with E-state index in [1.165, 1.54) is 6.42 Å². The average Bonchev–Trinajstić information content (AvgIpc) is 3.33. The normalized spacial score (nSPS) is 54.3. The lowest BCUT2D eigenvalue weighted by molar-refractivity contribution is -0.266. The van der Waals surface area contributed by atoms with Crippen LogP contribution in [0.2, 0.25) is 0 Å². The van der Waals surface area contributed by atoms with Crippen molar-refractivity contribution >= 4 is 0 Å². The van der Waals surface area contributed by atoms with E-state index >= 15 is 0 Å². The highest BCUT2D eigenvalue weighted by molar-refractivity contribution is 5.39. The molecule has 0 aliphatic heterocycles. The molecule has 0 radical (unpaired) electrons. The van der Waals surface area contributed by atoms with Gasteiger partial charge in [0.05, 0.1) is 0 Å². The van der Waals surface area contributed by atoms with E-state index < -0.39 is 0 Å². The molecule has 0 saturated heterocycles. The van der Waals surface area contributed by atoms with Gasteiger partial charge in [-0.3, -0.25) is 0 Å². The van der Waals surface area contributed by atoms with Crippen molar-refractivity contribution < 1.29 is 0 Å². The summed E-state index contributed by atoms with van der Waals surface area (Å²) in [6.07, 6.45) is 1.38. The maximum atomic E-state index is 2.85. The highest BCUT2D eigenvalue weighted by Gasteiger charge is 2.93. The van der Waals surface area contributed by atoms with Crippen LogP contribution in [0.4, 0.5) is 0 Å². The molecule has 262 valence electrons. The largest absolute Gasteiger partial charge is 0.0625 e. The second-order valence-corrected chi connectivity index (χ2v) is 22.7. The van der Waals surface area contributed by atoms with Crippen molar-refractivity contribution in [1.82, 2.24) is 0 Å². The molecule has 0 N–H and O–H groups in total. The van der Waals surface area contributed by atoms with Gasteiger partial charge in [0.2, 0.25) is 0 Å². The van der Waals surface area contributed by atoms with Gasteiger partial charge in [-0.1, -0.05) is 145 Å². The molecule has 0 bridgehead atoms. The molecule has 18 unspecified atom stereocenters. The minimum Gasteiger partial charge on any atom is -0.0625 e. The number of fused-ring (bicyclic) bond motifs is 4. The maximum Gasteiger partial charge on any atom is -0.0114 e. The van der Waals surface area contributed by atoms with E-state index in [0.717, 1.165) is 101 Å². The van der Waals surface area contributed by atoms with E-state index in [9.17, 15) is 0 Å². The summed E-state index contributed by atoms with van der Waals surface area (Å²) in [6.45, 7) is 56.5. The van der Waals surface area contributed by atoms with Crippen LogP contribution in [0.25, 0.3) is 0 Å². The lowest BCUT2D eigenvalue weighted by Crippen LogP contribution is -2.69. The predicted octanol–water partition coefficient (Wildman–Crippen LogP) is 13.3. The molecule has 0 aromatic rings. The van der Waals surface area contributed by atoms with Crippen molar-refractivity contribution in [3.63, 3.8) is 0 Å². The summed E-state index contributed by atoms with van der Waals surface area (Å²) >= 11 is 0. The van der Waals surface area contributed by atoms with E-state index in [-0.39, 0.29) is 0 Å². The van der Waals surface area contributed by atoms with Crippen LogP contribution in [0.3, 0.4) is 0 Å². The first-order valence-corrected chi connectivity index (χ1v) is 20.2. The Hall–Kier alpha value is 0. The Kier molecular flexibility index (Phi) is 8.47. The minimum atomic E-state index is 0.314. The molecular formula is C45H82. The van der Waals surface area contributed by atoms with Gasteiger partial charge >= 0.3 is 0 Å². The van der Waals surface area contributed by atoms with Crippen molar-refractivity contribution in [1.29, 1.82) is 0 Å². The van der Waals surface area contributed by atoms with E-state index in [0.29, 0.717) is 32.5 Å². The molecule has 0 amide bonds. The Morgan fingerprint density at radius 3 is 1.60 bits per heavy atom. The van der Waals surface area contributed by atoms with Crippen LogP contribution in [-0.4, -0.2) is 0 Å². The first-order valence-electron chi connectivity index (χ1n) is 20.2. The van der Waals surface area contributed by atoms with Gasteiger partial charge < -0.3 is 0 Å². The predicted molar refractivity (Wildman–Crippen MR) is 198 cm³/mol. The number of hydrogen-bond acceptors (Lipinski definition) is 0. The fourth-order valence-electron chi connectivity index (χ4n) is 17.0. The summed E-state index contributed by atoms with van der Waals surface area (Å²) < 4.78 is 0. The summed E-state index contributed by atoms with van der Waals surface area (Å²) in [7, 11) is 0. The van der Waals surface area contributed by atoms with Crippen LogP contribution in [0.1, 0.15) is 152 Å². The van der Waals surface area contributed by atoms with E-state index in [2.05, 4.69) is 145 Å². The molecule has 0 heterocycles. The maximum absolute atomic E-state index is 2.85. The molecule has 0 aromatic heterocycles. The van der Waals surface area contributed by atoms with E-state index in [4.69, 9.17) is 0 Å². The molecule has 0 nitrogen and oxygen atoms in total. The van der Waals surface area contributed by atoms with Crippen molar-refractivity contribution in [2.24, 2.45) is 133 Å². The van der Waals surface area contributed by atoms with Gasteiger partial charge in [0.1, 0.15) is 0 Å². The van der Waals surface area contributed by atoms with Gasteiger partial charge in [0.15, 0.2) is 0 Å². The first kappa shape index (κ1) is 36.3. The Morgan fingerprint density at radius 2 is 1.11 bits per heavy atom. The third-order valence-electron chi connectivity index (χ3n) is 20.0. The molecule has 45 heavy (non-hydrogen) atoms. The van der Waals surface area contributed by atoms with Crippen molar-refractivity contribution in [3.05, 3.63) is 0 Å².